The first kappa shape index (κ1) is 35.6. The predicted molar refractivity (Wildman–Crippen MR) is 201 cm³/mol. The number of amides is 2. The van der Waals surface area contributed by atoms with E-state index in [1.807, 2.05) is 0 Å². The summed E-state index contributed by atoms with van der Waals surface area (Å²) >= 11 is 12.6. The van der Waals surface area contributed by atoms with E-state index in [1.54, 1.807) is 97.1 Å². The van der Waals surface area contributed by atoms with Crippen LogP contribution in [0.25, 0.3) is 16.5 Å². The average molecular weight is 800 g/mol. The summed E-state index contributed by atoms with van der Waals surface area (Å²) in [5.74, 6) is -4.62. The van der Waals surface area contributed by atoms with Gasteiger partial charge in [0.1, 0.15) is 5.75 Å². The van der Waals surface area contributed by atoms with Crippen molar-refractivity contribution in [2.24, 2.45) is 5.92 Å². The molecule has 1 saturated heterocycles. The maximum Gasteiger partial charge on any atom is 0.417 e. The standard InChI is InChI=1S/C40H27Cl2F3N6O5/c41-24-13-11-22(12-14-24)39-29(35(53)50(36(39)54)47-34-30(42)18-23(20-46-34)40(43,44)45)19-31-27(32(39)28-15-10-21-6-4-5-9-26(21)33(28)52)16-17-48-37(55)49(38(56)51(31)48)25-7-2-1-3-8-25/h1-16,18,20,29,31-32,52H,17,19H2,(H,46,47). The molecule has 4 atom stereocenters. The number of imide groups is 1. The number of hydrogen-bond acceptors (Lipinski definition) is 7. The molecular weight excluding hydrogens is 772 g/mol. The van der Waals surface area contributed by atoms with Gasteiger partial charge >= 0.3 is 17.6 Å². The number of rotatable bonds is 5. The summed E-state index contributed by atoms with van der Waals surface area (Å²) in [4.78, 5) is 62.4. The first-order valence-electron chi connectivity index (χ1n) is 17.4. The van der Waals surface area contributed by atoms with Crippen LogP contribution < -0.4 is 16.8 Å². The fourth-order valence-corrected chi connectivity index (χ4v) is 9.03. The number of alkyl halides is 3. The number of hydrazine groups is 1. The van der Waals surface area contributed by atoms with Gasteiger partial charge in [-0.1, -0.05) is 96.0 Å². The van der Waals surface area contributed by atoms with Gasteiger partial charge in [0.25, 0.3) is 11.8 Å². The molecule has 56 heavy (non-hydrogen) atoms. The second-order valence-corrected chi connectivity index (χ2v) is 14.7. The Labute approximate surface area is 324 Å². The smallest absolute Gasteiger partial charge is 0.417 e. The molecule has 9 rings (SSSR count). The van der Waals surface area contributed by atoms with Crippen molar-refractivity contribution in [3.63, 3.8) is 0 Å². The van der Waals surface area contributed by atoms with Crippen molar-refractivity contribution in [2.45, 2.75) is 36.5 Å². The van der Waals surface area contributed by atoms with E-state index < -0.39 is 69.1 Å². The summed E-state index contributed by atoms with van der Waals surface area (Å²) in [6.07, 6.45) is -2.66. The molecule has 2 amide bonds. The quantitative estimate of drug-likeness (QED) is 0.142. The Bertz CT molecular complexity index is 2780. The molecule has 4 unspecified atom stereocenters. The van der Waals surface area contributed by atoms with E-state index in [-0.39, 0.29) is 24.3 Å². The predicted octanol–water partition coefficient (Wildman–Crippen LogP) is 7.00. The van der Waals surface area contributed by atoms with E-state index in [1.165, 1.54) is 9.36 Å². The van der Waals surface area contributed by atoms with Gasteiger partial charge in [-0.25, -0.2) is 28.5 Å². The normalized spacial score (nSPS) is 21.8. The molecule has 1 aliphatic carbocycles. The number of aromatic hydroxyl groups is 1. The Morgan fingerprint density at radius 1 is 0.875 bits per heavy atom. The molecule has 3 aliphatic rings. The van der Waals surface area contributed by atoms with E-state index >= 15 is 4.79 Å². The molecule has 1 saturated carbocycles. The SMILES string of the molecule is O=C1C2CC3C(=CCn4c(=O)n(-c5ccccc5)c(=O)n43)C(c3ccc4ccccc4c3O)C2(c2ccc(Cl)cc2)C(=O)N1Nc1ncc(C(F)(F)F)cc1Cl. The first-order valence-corrected chi connectivity index (χ1v) is 18.1. The maximum atomic E-state index is 15.4. The van der Waals surface area contributed by atoms with Crippen LogP contribution in [0.15, 0.2) is 124 Å². The van der Waals surface area contributed by atoms with Crippen molar-refractivity contribution >= 4 is 51.6 Å². The Morgan fingerprint density at radius 2 is 1.59 bits per heavy atom. The summed E-state index contributed by atoms with van der Waals surface area (Å²) < 4.78 is 44.1. The first-order chi connectivity index (χ1) is 26.8. The van der Waals surface area contributed by atoms with Crippen molar-refractivity contribution in [3.8, 4) is 11.4 Å². The zero-order valence-electron chi connectivity index (χ0n) is 28.7. The molecular formula is C40H27Cl2F3N6O5. The van der Waals surface area contributed by atoms with Gasteiger partial charge in [-0.15, -0.1) is 0 Å². The minimum atomic E-state index is -4.76. The number of hydrogen-bond donors (Lipinski definition) is 2. The number of nitrogens with zero attached hydrogens (tertiary/aromatic N) is 5. The number of carbonyl (C=O) groups excluding carboxylic acids is 2. The highest BCUT2D eigenvalue weighted by atomic mass is 35.5. The molecule has 282 valence electrons. The Balaban J connectivity index is 1.30. The fraction of sp³-hybridized carbons (Fsp3) is 0.175. The van der Waals surface area contributed by atoms with Crippen LogP contribution in [0, 0.1) is 5.92 Å². The van der Waals surface area contributed by atoms with Gasteiger partial charge in [-0.05, 0) is 53.3 Å². The van der Waals surface area contributed by atoms with Crippen LogP contribution in [0.1, 0.15) is 35.1 Å². The minimum absolute atomic E-state index is 0.0822. The van der Waals surface area contributed by atoms with Crippen molar-refractivity contribution in [3.05, 3.63) is 163 Å². The van der Waals surface area contributed by atoms with Crippen LogP contribution in [0.5, 0.6) is 5.75 Å². The van der Waals surface area contributed by atoms with Gasteiger partial charge in [0, 0.05) is 28.1 Å². The van der Waals surface area contributed by atoms with Gasteiger partial charge in [0.05, 0.1) is 40.2 Å². The maximum absolute atomic E-state index is 15.4. The topological polar surface area (TPSA) is 131 Å². The second-order valence-electron chi connectivity index (χ2n) is 13.8. The number of para-hydroxylation sites is 1. The fourth-order valence-electron chi connectivity index (χ4n) is 8.69. The molecule has 0 radical (unpaired) electrons. The lowest BCUT2D eigenvalue weighted by atomic mass is 9.53. The summed E-state index contributed by atoms with van der Waals surface area (Å²) in [6, 6.07) is 24.9. The average Bonchev–Trinajstić information content (AvgIpc) is 3.57. The second kappa shape index (κ2) is 12.7. The van der Waals surface area contributed by atoms with Crippen LogP contribution in [-0.4, -0.2) is 40.8 Å². The molecule has 4 aromatic carbocycles. The van der Waals surface area contributed by atoms with Crippen LogP contribution in [0.2, 0.25) is 10.0 Å². The summed E-state index contributed by atoms with van der Waals surface area (Å²) in [5, 5.41) is 13.8. The van der Waals surface area contributed by atoms with E-state index in [9.17, 15) is 32.7 Å². The Hall–Kier alpha value is -6.12. The number of fused-ring (bicyclic) bond motifs is 5. The van der Waals surface area contributed by atoms with E-state index in [4.69, 9.17) is 23.2 Å². The van der Waals surface area contributed by atoms with Gasteiger partial charge < -0.3 is 5.11 Å². The third kappa shape index (κ3) is 5.08. The lowest BCUT2D eigenvalue weighted by molar-refractivity contribution is -0.139. The molecule has 11 nitrogen and oxygen atoms in total. The zero-order valence-corrected chi connectivity index (χ0v) is 30.3. The van der Waals surface area contributed by atoms with Crippen LogP contribution >= 0.6 is 23.2 Å². The lowest BCUT2D eigenvalue weighted by Gasteiger charge is -2.49. The molecule has 6 aromatic rings. The highest BCUT2D eigenvalue weighted by Gasteiger charge is 2.69. The largest absolute Gasteiger partial charge is 0.507 e. The van der Waals surface area contributed by atoms with Crippen molar-refractivity contribution in [2.75, 3.05) is 5.43 Å². The third-order valence-corrected chi connectivity index (χ3v) is 11.6. The lowest BCUT2D eigenvalue weighted by Crippen LogP contribution is -2.53. The number of benzene rings is 4. The van der Waals surface area contributed by atoms with Gasteiger partial charge in [0.2, 0.25) is 0 Å². The number of carbonyl (C=O) groups is 2. The van der Waals surface area contributed by atoms with E-state index in [0.717, 1.165) is 4.57 Å². The number of pyridine rings is 1. The molecule has 0 bridgehead atoms. The number of anilines is 1. The Morgan fingerprint density at radius 3 is 2.30 bits per heavy atom. The molecule has 2 aromatic heterocycles. The van der Waals surface area contributed by atoms with Gasteiger partial charge in [0.15, 0.2) is 5.82 Å². The highest BCUT2D eigenvalue weighted by molar-refractivity contribution is 6.33. The van der Waals surface area contributed by atoms with Crippen LogP contribution in [0.3, 0.4) is 0 Å². The molecule has 4 heterocycles. The van der Waals surface area contributed by atoms with E-state index in [0.29, 0.717) is 49.9 Å². The van der Waals surface area contributed by atoms with Crippen molar-refractivity contribution < 1.29 is 27.9 Å². The van der Waals surface area contributed by atoms with E-state index in [2.05, 4.69) is 10.4 Å². The number of halogens is 5. The van der Waals surface area contributed by atoms with Crippen LogP contribution in [0.4, 0.5) is 19.0 Å². The molecule has 2 N–H and O–H groups in total. The van der Waals surface area contributed by atoms with Crippen LogP contribution in [-0.2, 0) is 27.7 Å². The van der Waals surface area contributed by atoms with Crippen molar-refractivity contribution in [1.29, 1.82) is 0 Å². The highest BCUT2D eigenvalue weighted by Crippen LogP contribution is 2.63. The number of allylic oxidation sites excluding steroid dienone is 2. The number of nitrogens with one attached hydrogen (secondary N) is 1. The summed E-state index contributed by atoms with van der Waals surface area (Å²) in [6.45, 7) is -0.0822. The molecule has 2 fully saturated rings. The number of aromatic nitrogens is 4. The Kier molecular flexibility index (Phi) is 8.08. The van der Waals surface area contributed by atoms with Gasteiger partial charge in [-0.3, -0.25) is 15.0 Å². The monoisotopic (exact) mass is 798 g/mol. The van der Waals surface area contributed by atoms with Crippen molar-refractivity contribution in [1.82, 2.24) is 23.9 Å². The third-order valence-electron chi connectivity index (χ3n) is 11.1. The molecule has 16 heteroatoms. The number of phenolic OH excluding ortho intramolecular Hbond substituents is 1. The molecule has 2 aliphatic heterocycles. The molecule has 0 spiro atoms. The summed E-state index contributed by atoms with van der Waals surface area (Å²) in [5.41, 5.74) is -0.247. The van der Waals surface area contributed by atoms with Gasteiger partial charge in [-0.2, -0.15) is 18.2 Å². The number of phenols is 1. The minimum Gasteiger partial charge on any atom is -0.507 e. The summed E-state index contributed by atoms with van der Waals surface area (Å²) in [7, 11) is 0. The zero-order chi connectivity index (χ0) is 39.3.